The summed E-state index contributed by atoms with van der Waals surface area (Å²) in [6.07, 6.45) is 1.39. The number of nitrogens with zero attached hydrogens (tertiary/aromatic N) is 2. The van der Waals surface area contributed by atoms with E-state index in [2.05, 4.69) is 10.4 Å². The summed E-state index contributed by atoms with van der Waals surface area (Å²) in [7, 11) is 1.83. The minimum atomic E-state index is 0.180. The number of aromatic nitrogens is 1. The number of anilines is 1. The summed E-state index contributed by atoms with van der Waals surface area (Å²) in [6.45, 7) is 0.528. The van der Waals surface area contributed by atoms with E-state index in [0.29, 0.717) is 13.0 Å². The van der Waals surface area contributed by atoms with Gasteiger partial charge in [0.15, 0.2) is 0 Å². The Morgan fingerprint density at radius 3 is 2.95 bits per heavy atom. The first kappa shape index (κ1) is 12.3. The number of hydrogen-bond acceptors (Lipinski definition) is 4. The Bertz CT molecular complexity index is 635. The fourth-order valence-corrected chi connectivity index (χ4v) is 2.97. The molecule has 1 aliphatic rings. The number of fused-ring (bicyclic) bond motifs is 1. The van der Waals surface area contributed by atoms with E-state index in [0.717, 1.165) is 28.2 Å². The van der Waals surface area contributed by atoms with Gasteiger partial charge in [0.1, 0.15) is 0 Å². The van der Waals surface area contributed by atoms with Crippen molar-refractivity contribution < 1.29 is 4.79 Å². The molecule has 1 aromatic heterocycles. The summed E-state index contributed by atoms with van der Waals surface area (Å²) in [5.41, 5.74) is 9.89. The van der Waals surface area contributed by atoms with Gasteiger partial charge in [-0.15, -0.1) is 0 Å². The van der Waals surface area contributed by atoms with Crippen molar-refractivity contribution in [2.75, 3.05) is 11.9 Å². The van der Waals surface area contributed by atoms with Crippen molar-refractivity contribution >= 4 is 23.1 Å². The van der Waals surface area contributed by atoms with Crippen LogP contribution in [0.4, 0.5) is 5.69 Å². The zero-order chi connectivity index (χ0) is 13.4. The molecule has 2 heterocycles. The predicted octanol–water partition coefficient (Wildman–Crippen LogP) is 2.18. The Hall–Kier alpha value is -1.72. The van der Waals surface area contributed by atoms with E-state index in [1.165, 1.54) is 17.1 Å². The summed E-state index contributed by atoms with van der Waals surface area (Å²) < 4.78 is 4.42. The number of hydrogen-bond donors (Lipinski definition) is 1. The van der Waals surface area contributed by atoms with E-state index in [-0.39, 0.29) is 5.91 Å². The van der Waals surface area contributed by atoms with Crippen LogP contribution in [0.15, 0.2) is 24.3 Å². The van der Waals surface area contributed by atoms with Crippen molar-refractivity contribution in [1.82, 2.24) is 4.37 Å². The first-order valence-electron chi connectivity index (χ1n) is 6.24. The lowest BCUT2D eigenvalue weighted by Crippen LogP contribution is -2.30. The third kappa shape index (κ3) is 2.15. The van der Waals surface area contributed by atoms with Gasteiger partial charge in [-0.2, -0.15) is 4.37 Å². The van der Waals surface area contributed by atoms with Crippen LogP contribution in [0.5, 0.6) is 0 Å². The van der Waals surface area contributed by atoms with Crippen LogP contribution in [0.1, 0.15) is 16.9 Å². The Kier molecular flexibility index (Phi) is 3.08. The van der Waals surface area contributed by atoms with Crippen LogP contribution in [0.2, 0.25) is 0 Å². The number of amides is 1. The Morgan fingerprint density at radius 2 is 2.21 bits per heavy atom. The highest BCUT2D eigenvalue weighted by Gasteiger charge is 2.21. The summed E-state index contributed by atoms with van der Waals surface area (Å²) in [4.78, 5) is 14.5. The van der Waals surface area contributed by atoms with Gasteiger partial charge in [0, 0.05) is 36.1 Å². The molecule has 98 valence electrons. The fraction of sp³-hybridized carbons (Fsp3) is 0.286. The zero-order valence-electron chi connectivity index (χ0n) is 10.7. The van der Waals surface area contributed by atoms with Gasteiger partial charge in [-0.05, 0) is 41.7 Å². The smallest absolute Gasteiger partial charge is 0.227 e. The molecule has 2 N–H and O–H groups in total. The third-order valence-electron chi connectivity index (χ3n) is 3.48. The van der Waals surface area contributed by atoms with Crippen molar-refractivity contribution in [3.63, 3.8) is 0 Å². The normalized spacial score (nSPS) is 14.6. The SMILES string of the molecule is CN1C(=O)CCc2cc(-c3cc(CN)sn3)ccc21. The molecule has 5 heteroatoms. The van der Waals surface area contributed by atoms with Crippen molar-refractivity contribution in [2.45, 2.75) is 19.4 Å². The van der Waals surface area contributed by atoms with Gasteiger partial charge >= 0.3 is 0 Å². The second kappa shape index (κ2) is 4.75. The zero-order valence-corrected chi connectivity index (χ0v) is 11.5. The molecule has 0 bridgehead atoms. The molecule has 1 amide bonds. The van der Waals surface area contributed by atoms with E-state index in [9.17, 15) is 4.79 Å². The molecule has 1 aromatic carbocycles. The Labute approximate surface area is 116 Å². The lowest BCUT2D eigenvalue weighted by atomic mass is 9.98. The number of benzene rings is 1. The number of carbonyl (C=O) groups excluding carboxylic acids is 1. The van der Waals surface area contributed by atoms with Crippen LogP contribution < -0.4 is 10.6 Å². The molecular weight excluding hydrogens is 258 g/mol. The van der Waals surface area contributed by atoms with Crippen molar-refractivity contribution in [2.24, 2.45) is 5.73 Å². The van der Waals surface area contributed by atoms with E-state index >= 15 is 0 Å². The summed E-state index contributed by atoms with van der Waals surface area (Å²) in [6, 6.07) is 8.18. The molecule has 0 aliphatic carbocycles. The topological polar surface area (TPSA) is 59.2 Å². The predicted molar refractivity (Wildman–Crippen MR) is 77.2 cm³/mol. The van der Waals surface area contributed by atoms with E-state index in [1.807, 2.05) is 25.2 Å². The standard InChI is InChI=1S/C14H15N3OS/c1-17-13-4-2-9(6-10(13)3-5-14(17)18)12-7-11(8-15)19-16-12/h2,4,6-7H,3,5,8,15H2,1H3. The minimum Gasteiger partial charge on any atom is -0.326 e. The maximum absolute atomic E-state index is 11.7. The van der Waals surface area contributed by atoms with Gasteiger partial charge in [0.2, 0.25) is 5.91 Å². The highest BCUT2D eigenvalue weighted by atomic mass is 32.1. The number of rotatable bonds is 2. The van der Waals surface area contributed by atoms with Crippen LogP contribution in [0.3, 0.4) is 0 Å². The van der Waals surface area contributed by atoms with Crippen LogP contribution >= 0.6 is 11.5 Å². The van der Waals surface area contributed by atoms with Gasteiger partial charge in [-0.25, -0.2) is 0 Å². The molecular formula is C14H15N3OS. The van der Waals surface area contributed by atoms with E-state index < -0.39 is 0 Å². The maximum Gasteiger partial charge on any atom is 0.227 e. The molecule has 0 spiro atoms. The highest BCUT2D eigenvalue weighted by molar-refractivity contribution is 7.06. The van der Waals surface area contributed by atoms with Gasteiger partial charge in [-0.3, -0.25) is 4.79 Å². The number of aryl methyl sites for hydroxylation is 1. The van der Waals surface area contributed by atoms with Crippen LogP contribution in [-0.2, 0) is 17.8 Å². The molecule has 0 saturated carbocycles. The quantitative estimate of drug-likeness (QED) is 0.912. The fourth-order valence-electron chi connectivity index (χ4n) is 2.36. The second-order valence-electron chi connectivity index (χ2n) is 4.68. The van der Waals surface area contributed by atoms with Gasteiger partial charge in [0.25, 0.3) is 0 Å². The Balaban J connectivity index is 1.99. The van der Waals surface area contributed by atoms with Crippen molar-refractivity contribution in [1.29, 1.82) is 0 Å². The van der Waals surface area contributed by atoms with Crippen LogP contribution in [0.25, 0.3) is 11.3 Å². The van der Waals surface area contributed by atoms with E-state index in [4.69, 9.17) is 5.73 Å². The summed E-state index contributed by atoms with van der Waals surface area (Å²) >= 11 is 1.44. The summed E-state index contributed by atoms with van der Waals surface area (Å²) in [5.74, 6) is 0.180. The average Bonchev–Trinajstić information content (AvgIpc) is 2.91. The molecule has 0 unspecified atom stereocenters. The lowest BCUT2D eigenvalue weighted by molar-refractivity contribution is -0.118. The second-order valence-corrected chi connectivity index (χ2v) is 5.57. The summed E-state index contributed by atoms with van der Waals surface area (Å²) in [5, 5.41) is 0. The molecule has 0 radical (unpaired) electrons. The molecule has 2 aromatic rings. The highest BCUT2D eigenvalue weighted by Crippen LogP contribution is 2.31. The van der Waals surface area contributed by atoms with E-state index in [1.54, 1.807) is 4.90 Å². The molecule has 1 aliphatic heterocycles. The van der Waals surface area contributed by atoms with Gasteiger partial charge in [-0.1, -0.05) is 6.07 Å². The maximum atomic E-state index is 11.7. The lowest BCUT2D eigenvalue weighted by Gasteiger charge is -2.25. The largest absolute Gasteiger partial charge is 0.326 e. The third-order valence-corrected chi connectivity index (χ3v) is 4.29. The molecule has 3 rings (SSSR count). The van der Waals surface area contributed by atoms with Gasteiger partial charge < -0.3 is 10.6 Å². The average molecular weight is 273 g/mol. The number of carbonyl (C=O) groups is 1. The van der Waals surface area contributed by atoms with Crippen molar-refractivity contribution in [3.8, 4) is 11.3 Å². The monoisotopic (exact) mass is 273 g/mol. The first-order valence-corrected chi connectivity index (χ1v) is 7.02. The molecule has 4 nitrogen and oxygen atoms in total. The minimum absolute atomic E-state index is 0.180. The Morgan fingerprint density at radius 1 is 1.37 bits per heavy atom. The van der Waals surface area contributed by atoms with Gasteiger partial charge in [0.05, 0.1) is 5.69 Å². The molecule has 0 saturated heterocycles. The van der Waals surface area contributed by atoms with Crippen molar-refractivity contribution in [3.05, 3.63) is 34.7 Å². The molecule has 0 fully saturated rings. The first-order chi connectivity index (χ1) is 9.19. The number of nitrogens with two attached hydrogens (primary N) is 1. The van der Waals surface area contributed by atoms with Crippen LogP contribution in [-0.4, -0.2) is 17.3 Å². The molecule has 0 atom stereocenters. The van der Waals surface area contributed by atoms with Crippen LogP contribution in [0, 0.1) is 0 Å². The molecule has 19 heavy (non-hydrogen) atoms.